The maximum Gasteiger partial charge on any atom is 1.00 e. The van der Waals surface area contributed by atoms with E-state index in [2.05, 4.69) is 0 Å². The van der Waals surface area contributed by atoms with Gasteiger partial charge in [-0.3, -0.25) is 0 Å². The van der Waals surface area contributed by atoms with Gasteiger partial charge in [-0.25, -0.2) is 0 Å². The van der Waals surface area contributed by atoms with Crippen LogP contribution in [0.4, 0.5) is 0 Å². The zero-order chi connectivity index (χ0) is 3.41. The molecule has 4 heteroatoms. The van der Waals surface area contributed by atoms with Crippen molar-refractivity contribution >= 4 is 25.8 Å². The van der Waals surface area contributed by atoms with E-state index in [1.807, 2.05) is 0 Å². The van der Waals surface area contributed by atoms with Crippen LogP contribution < -0.4 is 29.6 Å². The summed E-state index contributed by atoms with van der Waals surface area (Å²) in [4.78, 5) is 9.10. The van der Waals surface area contributed by atoms with E-state index in [-0.39, 0.29) is 31.0 Å². The molecule has 0 amide bonds. The van der Waals surface area contributed by atoms with Crippen molar-refractivity contribution in [2.24, 2.45) is 0 Å². The number of rotatable bonds is 1. The van der Waals surface area contributed by atoms with Crippen molar-refractivity contribution < 1.29 is 35.8 Å². The molecular formula is CH4ClNaOSi. The Balaban J connectivity index is -0.0000000450. The summed E-state index contributed by atoms with van der Waals surface area (Å²) in [6.07, 6.45) is 0. The summed E-state index contributed by atoms with van der Waals surface area (Å²) < 4.78 is 0. The molecule has 0 aromatic heterocycles. The number of carbonyl (C=O) groups excluding carboxylic acids is 1. The van der Waals surface area contributed by atoms with Gasteiger partial charge in [-0.15, -0.1) is 0 Å². The minimum absolute atomic E-state index is 0. The van der Waals surface area contributed by atoms with Crippen molar-refractivity contribution in [3.8, 4) is 0 Å². The molecule has 0 heterocycles. The Morgan fingerprint density at radius 3 is 2.20 bits per heavy atom. The molecular weight excluding hydrogens is 115 g/mol. The van der Waals surface area contributed by atoms with Crippen molar-refractivity contribution in [2.75, 3.05) is 0 Å². The van der Waals surface area contributed by atoms with Crippen LogP contribution in [0, 0.1) is 0 Å². The quantitative estimate of drug-likeness (QED) is 0.200. The van der Waals surface area contributed by atoms with Crippen molar-refractivity contribution in [1.29, 1.82) is 0 Å². The van der Waals surface area contributed by atoms with E-state index < -0.39 is 8.83 Å². The van der Waals surface area contributed by atoms with Crippen molar-refractivity contribution in [1.82, 2.24) is 0 Å². The summed E-state index contributed by atoms with van der Waals surface area (Å²) in [6, 6.07) is 0. The first-order valence-electron chi connectivity index (χ1n) is 0.911. The van der Waals surface area contributed by atoms with Crippen molar-refractivity contribution in [2.45, 2.75) is 0 Å². The van der Waals surface area contributed by atoms with Crippen LogP contribution in [-0.2, 0) is 4.79 Å². The van der Waals surface area contributed by atoms with Gasteiger partial charge in [0.2, 0.25) is 0 Å². The molecule has 0 bridgehead atoms. The fourth-order valence-corrected chi connectivity index (χ4v) is 0. The molecule has 0 unspecified atom stereocenters. The van der Waals surface area contributed by atoms with Gasteiger partial charge < -0.3 is 6.22 Å². The zero-order valence-corrected chi connectivity index (χ0v) is 7.24. The summed E-state index contributed by atoms with van der Waals surface area (Å²) >= 11 is 4.96. The van der Waals surface area contributed by atoms with Crippen LogP contribution in [0.15, 0.2) is 0 Å². The second-order valence-electron chi connectivity index (χ2n) is 0.321. The predicted molar refractivity (Wildman–Crippen MR) is 22.3 cm³/mol. The average molecular weight is 119 g/mol. The van der Waals surface area contributed by atoms with Gasteiger partial charge >= 0.3 is 29.6 Å². The van der Waals surface area contributed by atoms with E-state index in [4.69, 9.17) is 15.9 Å². The molecule has 0 rings (SSSR count). The van der Waals surface area contributed by atoms with Crippen molar-refractivity contribution in [3.63, 3.8) is 0 Å². The summed E-state index contributed by atoms with van der Waals surface area (Å²) in [5.74, 6) is 0.779. The van der Waals surface area contributed by atoms with Gasteiger partial charge in [0.25, 0.3) is 0 Å². The number of hydrogen-bond donors (Lipinski definition) is 0. The van der Waals surface area contributed by atoms with Crippen LogP contribution in [0.5, 0.6) is 0 Å². The van der Waals surface area contributed by atoms with Crippen LogP contribution in [0.25, 0.3) is 0 Å². The molecule has 0 atom stereocenters. The molecule has 0 N–H and O–H groups in total. The van der Waals surface area contributed by atoms with Crippen LogP contribution in [0.1, 0.15) is 1.43 Å². The van der Waals surface area contributed by atoms with Gasteiger partial charge in [-0.2, -0.15) is 11.1 Å². The molecule has 0 fully saturated rings. The molecule has 0 aliphatic rings. The second-order valence-corrected chi connectivity index (χ2v) is 1.89. The van der Waals surface area contributed by atoms with Gasteiger partial charge in [0.15, 0.2) is 8.83 Å². The standard InChI is InChI=1S/CH3ClOSi.Na.H/c2-4-1-3;;/h1H,4H2;;/q;+1;-1. The molecule has 0 spiro atoms. The fraction of sp³-hybridized carbons (Fsp3) is 0. The molecule has 26 valence electrons. The van der Waals surface area contributed by atoms with Crippen LogP contribution in [0.3, 0.4) is 0 Å². The Bertz CT molecular complexity index is 29.5. The van der Waals surface area contributed by atoms with E-state index in [0.29, 0.717) is 0 Å². The molecule has 0 saturated heterocycles. The van der Waals surface area contributed by atoms with Gasteiger partial charge in [-0.1, -0.05) is 0 Å². The fourth-order valence-electron chi connectivity index (χ4n) is 0. The molecule has 0 aliphatic heterocycles. The second kappa shape index (κ2) is 8.95. The third-order valence-electron chi connectivity index (χ3n) is 0.0630. The Morgan fingerprint density at radius 2 is 2.20 bits per heavy atom. The van der Waals surface area contributed by atoms with E-state index >= 15 is 0 Å². The van der Waals surface area contributed by atoms with Gasteiger partial charge in [0.1, 0.15) is 5.91 Å². The van der Waals surface area contributed by atoms with Gasteiger partial charge in [0.05, 0.1) is 0 Å². The first-order chi connectivity index (χ1) is 1.91. The summed E-state index contributed by atoms with van der Waals surface area (Å²) in [7, 11) is -0.784. The van der Waals surface area contributed by atoms with Crippen LogP contribution >= 0.6 is 11.1 Å². The first-order valence-corrected chi connectivity index (χ1v) is 3.87. The third kappa shape index (κ3) is 11.0. The molecule has 1 nitrogen and oxygen atoms in total. The monoisotopic (exact) mass is 118 g/mol. The molecule has 0 radical (unpaired) electrons. The third-order valence-corrected chi connectivity index (χ3v) is 0.567. The SMILES string of the molecule is O=C[SiH2]Cl.[H-].[Na+]. The van der Waals surface area contributed by atoms with Crippen LogP contribution in [-0.4, -0.2) is 14.7 Å². The molecule has 0 aliphatic carbocycles. The predicted octanol–water partition coefficient (Wildman–Crippen LogP) is -3.38. The smallest absolute Gasteiger partial charge is 1.00 e. The molecule has 0 aromatic rings. The summed E-state index contributed by atoms with van der Waals surface area (Å²) in [6.45, 7) is 0. The largest absolute Gasteiger partial charge is 1.00 e. The first kappa shape index (κ1) is 9.49. The number of hydrogen-bond acceptors (Lipinski definition) is 1. The maximum atomic E-state index is 9.10. The Kier molecular flexibility index (Phi) is 17.0. The van der Waals surface area contributed by atoms with E-state index in [1.54, 1.807) is 0 Å². The summed E-state index contributed by atoms with van der Waals surface area (Å²) in [5.41, 5.74) is 0. The average Bonchev–Trinajstić information content (AvgIpc) is 1.37. The normalized spacial score (nSPS) is 7.40. The van der Waals surface area contributed by atoms with E-state index in [0.717, 1.165) is 5.91 Å². The van der Waals surface area contributed by atoms with Crippen molar-refractivity contribution in [3.05, 3.63) is 0 Å². The zero-order valence-electron chi connectivity index (χ0n) is 4.07. The Labute approximate surface area is 61.4 Å². The number of carbonyl (C=O) groups is 1. The van der Waals surface area contributed by atoms with Crippen LogP contribution in [0.2, 0.25) is 0 Å². The Hall–Kier alpha value is 1.18. The molecule has 5 heavy (non-hydrogen) atoms. The Morgan fingerprint density at radius 1 is 2.00 bits per heavy atom. The van der Waals surface area contributed by atoms with Gasteiger partial charge in [-0.05, 0) is 0 Å². The van der Waals surface area contributed by atoms with E-state index in [1.165, 1.54) is 0 Å². The number of halogens is 1. The minimum Gasteiger partial charge on any atom is -1.00 e. The topological polar surface area (TPSA) is 17.1 Å². The van der Waals surface area contributed by atoms with E-state index in [9.17, 15) is 0 Å². The summed E-state index contributed by atoms with van der Waals surface area (Å²) in [5, 5.41) is 0. The molecule has 0 aromatic carbocycles. The maximum absolute atomic E-state index is 9.10. The minimum atomic E-state index is -0.784. The van der Waals surface area contributed by atoms with Gasteiger partial charge in [0, 0.05) is 0 Å². The molecule has 0 saturated carbocycles.